The molecule has 0 radical (unpaired) electrons. The first kappa shape index (κ1) is 18.8. The van der Waals surface area contributed by atoms with Crippen molar-refractivity contribution < 1.29 is 14.4 Å². The number of hydrogen-bond donors (Lipinski definition) is 2. The number of carbonyl (C=O) groups excluding carboxylic acids is 2. The third kappa shape index (κ3) is 6.82. The van der Waals surface area contributed by atoms with E-state index in [1.165, 1.54) is 12.3 Å². The fourth-order valence-corrected chi connectivity index (χ4v) is 2.31. The summed E-state index contributed by atoms with van der Waals surface area (Å²) < 4.78 is 0. The SMILES string of the molecule is O=C(Cc1ccccc1)NCC=NOC(=O)Nc1ccc(Cl)cc1Cl. The molecule has 0 heterocycles. The molecule has 25 heavy (non-hydrogen) atoms. The molecule has 130 valence electrons. The average Bonchev–Trinajstić information content (AvgIpc) is 2.58. The molecule has 2 N–H and O–H groups in total. The van der Waals surface area contributed by atoms with Crippen LogP contribution >= 0.6 is 23.2 Å². The Labute approximate surface area is 154 Å². The number of nitrogens with zero attached hydrogens (tertiary/aromatic N) is 1. The van der Waals surface area contributed by atoms with E-state index in [-0.39, 0.29) is 23.9 Å². The van der Waals surface area contributed by atoms with Crippen LogP contribution in [-0.2, 0) is 16.1 Å². The molecular weight excluding hydrogens is 365 g/mol. The van der Waals surface area contributed by atoms with Crippen LogP contribution in [0, 0.1) is 0 Å². The topological polar surface area (TPSA) is 79.8 Å². The van der Waals surface area contributed by atoms with Crippen LogP contribution in [0.4, 0.5) is 10.5 Å². The van der Waals surface area contributed by atoms with Crippen LogP contribution in [0.2, 0.25) is 10.0 Å². The van der Waals surface area contributed by atoms with Gasteiger partial charge in [-0.2, -0.15) is 0 Å². The molecule has 2 aromatic rings. The van der Waals surface area contributed by atoms with Crippen molar-refractivity contribution >= 4 is 47.1 Å². The first-order chi connectivity index (χ1) is 12.0. The lowest BCUT2D eigenvalue weighted by Crippen LogP contribution is -2.26. The van der Waals surface area contributed by atoms with E-state index in [2.05, 4.69) is 20.6 Å². The van der Waals surface area contributed by atoms with Gasteiger partial charge < -0.3 is 5.32 Å². The third-order valence-electron chi connectivity index (χ3n) is 2.98. The molecule has 0 saturated carbocycles. The number of nitrogens with one attached hydrogen (secondary N) is 2. The molecular formula is C17H15Cl2N3O3. The minimum Gasteiger partial charge on any atom is -0.351 e. The summed E-state index contributed by atoms with van der Waals surface area (Å²) in [5.74, 6) is -0.157. The molecule has 0 aromatic heterocycles. The third-order valence-corrected chi connectivity index (χ3v) is 3.52. The van der Waals surface area contributed by atoms with Gasteiger partial charge in [-0.1, -0.05) is 58.7 Å². The summed E-state index contributed by atoms with van der Waals surface area (Å²) in [6.07, 6.45) is 0.730. The van der Waals surface area contributed by atoms with E-state index in [1.807, 2.05) is 30.3 Å². The maximum Gasteiger partial charge on any atom is 0.437 e. The highest BCUT2D eigenvalue weighted by atomic mass is 35.5. The van der Waals surface area contributed by atoms with Crippen molar-refractivity contribution in [3.63, 3.8) is 0 Å². The van der Waals surface area contributed by atoms with E-state index >= 15 is 0 Å². The molecule has 0 aliphatic rings. The normalized spacial score (nSPS) is 10.5. The molecule has 0 atom stereocenters. The molecule has 2 rings (SSSR count). The lowest BCUT2D eigenvalue weighted by Gasteiger charge is -2.05. The quantitative estimate of drug-likeness (QED) is 0.453. The number of hydrogen-bond acceptors (Lipinski definition) is 4. The Kier molecular flexibility index (Phi) is 7.25. The van der Waals surface area contributed by atoms with Crippen LogP contribution in [0.1, 0.15) is 5.56 Å². The van der Waals surface area contributed by atoms with Gasteiger partial charge in [-0.25, -0.2) is 4.79 Å². The zero-order valence-electron chi connectivity index (χ0n) is 13.0. The van der Waals surface area contributed by atoms with Crippen molar-refractivity contribution in [3.05, 3.63) is 64.1 Å². The van der Waals surface area contributed by atoms with Crippen LogP contribution in [0.25, 0.3) is 0 Å². The van der Waals surface area contributed by atoms with Crippen LogP contribution in [0.5, 0.6) is 0 Å². The largest absolute Gasteiger partial charge is 0.437 e. The Morgan fingerprint density at radius 1 is 1.12 bits per heavy atom. The molecule has 2 amide bonds. The zero-order chi connectivity index (χ0) is 18.1. The van der Waals surface area contributed by atoms with Gasteiger partial charge in [-0.05, 0) is 23.8 Å². The molecule has 0 unspecified atom stereocenters. The van der Waals surface area contributed by atoms with Crippen LogP contribution in [0.15, 0.2) is 53.7 Å². The highest BCUT2D eigenvalue weighted by Crippen LogP contribution is 2.25. The van der Waals surface area contributed by atoms with Gasteiger partial charge in [-0.15, -0.1) is 0 Å². The second-order valence-electron chi connectivity index (χ2n) is 4.88. The van der Waals surface area contributed by atoms with Crippen LogP contribution < -0.4 is 10.6 Å². The standard InChI is InChI=1S/C17H15Cl2N3O3/c18-13-6-7-15(14(19)11-13)22-17(24)25-21-9-8-20-16(23)10-12-4-2-1-3-5-12/h1-7,9,11H,8,10H2,(H,20,23)(H,22,24). The maximum atomic E-state index is 11.7. The van der Waals surface area contributed by atoms with E-state index in [1.54, 1.807) is 12.1 Å². The van der Waals surface area contributed by atoms with Crippen molar-refractivity contribution in [2.24, 2.45) is 5.16 Å². The van der Waals surface area contributed by atoms with Crippen molar-refractivity contribution in [2.45, 2.75) is 6.42 Å². The van der Waals surface area contributed by atoms with Gasteiger partial charge in [0.15, 0.2) is 0 Å². The molecule has 8 heteroatoms. The molecule has 0 bridgehead atoms. The van der Waals surface area contributed by atoms with E-state index in [0.29, 0.717) is 10.7 Å². The molecule has 0 aliphatic carbocycles. The highest BCUT2D eigenvalue weighted by molar-refractivity contribution is 6.36. The Balaban J connectivity index is 1.68. The smallest absolute Gasteiger partial charge is 0.351 e. The first-order valence-electron chi connectivity index (χ1n) is 7.30. The minimum atomic E-state index is -0.809. The van der Waals surface area contributed by atoms with Crippen LogP contribution in [0.3, 0.4) is 0 Å². The van der Waals surface area contributed by atoms with Crippen molar-refractivity contribution in [2.75, 3.05) is 11.9 Å². The summed E-state index contributed by atoms with van der Waals surface area (Å²) in [6.45, 7) is 0.140. The lowest BCUT2D eigenvalue weighted by atomic mass is 10.1. The summed E-state index contributed by atoms with van der Waals surface area (Å²) in [5.41, 5.74) is 1.26. The molecule has 0 spiro atoms. The van der Waals surface area contributed by atoms with Gasteiger partial charge in [0, 0.05) is 5.02 Å². The molecule has 0 saturated heterocycles. The summed E-state index contributed by atoms with van der Waals surface area (Å²) >= 11 is 11.7. The minimum absolute atomic E-state index is 0.140. The van der Waals surface area contributed by atoms with E-state index in [0.717, 1.165) is 5.56 Å². The molecule has 2 aromatic carbocycles. The van der Waals surface area contributed by atoms with Gasteiger partial charge in [0.1, 0.15) is 0 Å². The van der Waals surface area contributed by atoms with E-state index < -0.39 is 6.09 Å². The maximum absolute atomic E-state index is 11.7. The van der Waals surface area contributed by atoms with Crippen molar-refractivity contribution in [1.82, 2.24) is 5.32 Å². The Morgan fingerprint density at radius 3 is 2.60 bits per heavy atom. The van der Waals surface area contributed by atoms with E-state index in [4.69, 9.17) is 23.2 Å². The lowest BCUT2D eigenvalue weighted by molar-refractivity contribution is -0.120. The van der Waals surface area contributed by atoms with Gasteiger partial charge in [0.2, 0.25) is 5.91 Å². The number of benzene rings is 2. The predicted molar refractivity (Wildman–Crippen MR) is 98.2 cm³/mol. The first-order valence-corrected chi connectivity index (χ1v) is 8.05. The second-order valence-corrected chi connectivity index (χ2v) is 5.73. The van der Waals surface area contributed by atoms with Gasteiger partial charge in [-0.3, -0.25) is 14.9 Å². The van der Waals surface area contributed by atoms with Gasteiger partial charge in [0.05, 0.1) is 29.9 Å². The number of rotatable bonds is 6. The summed E-state index contributed by atoms with van der Waals surface area (Å²) in [5, 5.41) is 9.26. The molecule has 0 fully saturated rings. The fourth-order valence-electron chi connectivity index (χ4n) is 1.85. The number of carbonyl (C=O) groups is 2. The summed E-state index contributed by atoms with van der Waals surface area (Å²) in [7, 11) is 0. The van der Waals surface area contributed by atoms with E-state index in [9.17, 15) is 9.59 Å². The Morgan fingerprint density at radius 2 is 1.88 bits per heavy atom. The average molecular weight is 380 g/mol. The second kappa shape index (κ2) is 9.66. The predicted octanol–water partition coefficient (Wildman–Crippen LogP) is 3.89. The van der Waals surface area contributed by atoms with Crippen molar-refractivity contribution in [1.29, 1.82) is 0 Å². The number of oxime groups is 1. The van der Waals surface area contributed by atoms with Crippen LogP contribution in [-0.4, -0.2) is 24.8 Å². The number of halogens is 2. The monoisotopic (exact) mass is 379 g/mol. The Bertz CT molecular complexity index is 767. The Hall–Kier alpha value is -2.57. The number of amides is 2. The van der Waals surface area contributed by atoms with Gasteiger partial charge >= 0.3 is 6.09 Å². The summed E-state index contributed by atoms with van der Waals surface area (Å²) in [6, 6.07) is 13.9. The van der Waals surface area contributed by atoms with Crippen molar-refractivity contribution in [3.8, 4) is 0 Å². The van der Waals surface area contributed by atoms with Gasteiger partial charge in [0.25, 0.3) is 0 Å². The highest BCUT2D eigenvalue weighted by Gasteiger charge is 2.07. The zero-order valence-corrected chi connectivity index (χ0v) is 14.6. The summed E-state index contributed by atoms with van der Waals surface area (Å²) in [4.78, 5) is 27.9. The molecule has 6 nitrogen and oxygen atoms in total. The fraction of sp³-hybridized carbons (Fsp3) is 0.118. The molecule has 0 aliphatic heterocycles. The number of anilines is 1.